The summed E-state index contributed by atoms with van der Waals surface area (Å²) in [6, 6.07) is 14.4. The molecule has 2 aromatic carbocycles. The average Bonchev–Trinajstić information content (AvgIpc) is 3.12. The second-order valence-corrected chi connectivity index (χ2v) is 7.34. The van der Waals surface area contributed by atoms with E-state index in [1.807, 2.05) is 37.3 Å². The summed E-state index contributed by atoms with van der Waals surface area (Å²) in [5, 5.41) is 0. The van der Waals surface area contributed by atoms with Gasteiger partial charge in [0.25, 0.3) is 10.0 Å². The van der Waals surface area contributed by atoms with Crippen molar-refractivity contribution in [1.29, 1.82) is 0 Å². The van der Waals surface area contributed by atoms with E-state index in [9.17, 15) is 8.42 Å². The SMILES string of the molecule is CCc1cc(S(=O)(=O)N2CCN=C2c2ccccc2)ccc1OC. The van der Waals surface area contributed by atoms with E-state index in [-0.39, 0.29) is 4.90 Å². The Hall–Kier alpha value is -2.34. The number of ether oxygens (including phenoxy) is 1. The normalized spacial score (nSPS) is 14.6. The van der Waals surface area contributed by atoms with Gasteiger partial charge in [-0.2, -0.15) is 0 Å². The van der Waals surface area contributed by atoms with Crippen LogP contribution in [0.25, 0.3) is 0 Å². The molecular weight excluding hydrogens is 324 g/mol. The number of sulfonamides is 1. The fraction of sp³-hybridized carbons (Fsp3) is 0.278. The lowest BCUT2D eigenvalue weighted by Gasteiger charge is -2.21. The molecule has 1 aliphatic rings. The largest absolute Gasteiger partial charge is 0.496 e. The molecule has 1 heterocycles. The van der Waals surface area contributed by atoms with Gasteiger partial charge in [-0.3, -0.25) is 4.99 Å². The van der Waals surface area contributed by atoms with Crippen LogP contribution in [0.5, 0.6) is 5.75 Å². The molecule has 0 aromatic heterocycles. The molecule has 0 aliphatic carbocycles. The average molecular weight is 344 g/mol. The van der Waals surface area contributed by atoms with Gasteiger partial charge in [-0.25, -0.2) is 12.7 Å². The van der Waals surface area contributed by atoms with Gasteiger partial charge < -0.3 is 4.74 Å². The molecule has 2 aromatic rings. The molecule has 24 heavy (non-hydrogen) atoms. The minimum Gasteiger partial charge on any atom is -0.496 e. The van der Waals surface area contributed by atoms with Crippen LogP contribution in [-0.2, 0) is 16.4 Å². The monoisotopic (exact) mass is 344 g/mol. The first kappa shape index (κ1) is 16.5. The van der Waals surface area contributed by atoms with Crippen LogP contribution in [0.4, 0.5) is 0 Å². The molecule has 0 spiro atoms. The lowest BCUT2D eigenvalue weighted by molar-refractivity contribution is 0.409. The van der Waals surface area contributed by atoms with Crippen LogP contribution in [0.3, 0.4) is 0 Å². The molecule has 0 saturated carbocycles. The third-order valence-electron chi connectivity index (χ3n) is 4.05. The summed E-state index contributed by atoms with van der Waals surface area (Å²) in [6.45, 7) is 2.81. The Labute approximate surface area is 142 Å². The highest BCUT2D eigenvalue weighted by Crippen LogP contribution is 2.27. The highest BCUT2D eigenvalue weighted by atomic mass is 32.2. The van der Waals surface area contributed by atoms with Crippen molar-refractivity contribution in [1.82, 2.24) is 4.31 Å². The Bertz CT molecular complexity index is 861. The number of benzene rings is 2. The van der Waals surface area contributed by atoms with Gasteiger partial charge >= 0.3 is 0 Å². The number of aliphatic imine (C=N–C) groups is 1. The number of aryl methyl sites for hydroxylation is 1. The summed E-state index contributed by atoms with van der Waals surface area (Å²) < 4.78 is 32.9. The Morgan fingerprint density at radius 1 is 1.17 bits per heavy atom. The van der Waals surface area contributed by atoms with Crippen molar-refractivity contribution in [2.75, 3.05) is 20.2 Å². The second kappa shape index (κ2) is 6.65. The van der Waals surface area contributed by atoms with Crippen LogP contribution in [-0.4, -0.2) is 38.8 Å². The molecule has 3 rings (SSSR count). The highest BCUT2D eigenvalue weighted by Gasteiger charge is 2.31. The smallest absolute Gasteiger partial charge is 0.265 e. The fourth-order valence-electron chi connectivity index (χ4n) is 2.81. The zero-order valence-corrected chi connectivity index (χ0v) is 14.6. The molecular formula is C18H20N2O3S. The summed E-state index contributed by atoms with van der Waals surface area (Å²) in [6.07, 6.45) is 0.701. The lowest BCUT2D eigenvalue weighted by Crippen LogP contribution is -2.35. The van der Waals surface area contributed by atoms with Crippen molar-refractivity contribution in [3.63, 3.8) is 0 Å². The van der Waals surface area contributed by atoms with Crippen LogP contribution < -0.4 is 4.74 Å². The zero-order chi connectivity index (χ0) is 17.2. The van der Waals surface area contributed by atoms with Gasteiger partial charge in [0, 0.05) is 5.56 Å². The molecule has 1 aliphatic heterocycles. The lowest BCUT2D eigenvalue weighted by atomic mass is 10.1. The number of rotatable bonds is 5. The minimum absolute atomic E-state index is 0.269. The van der Waals surface area contributed by atoms with E-state index in [0.29, 0.717) is 31.1 Å². The maximum absolute atomic E-state index is 13.1. The standard InChI is InChI=1S/C18H20N2O3S/c1-3-14-13-16(9-10-17(14)23-2)24(21,22)20-12-11-19-18(20)15-7-5-4-6-8-15/h4-10,13H,3,11-12H2,1-2H3. The third kappa shape index (κ3) is 2.89. The van der Waals surface area contributed by atoms with E-state index in [2.05, 4.69) is 4.99 Å². The molecule has 6 heteroatoms. The van der Waals surface area contributed by atoms with Gasteiger partial charge in [-0.05, 0) is 30.2 Å². The molecule has 5 nitrogen and oxygen atoms in total. The summed E-state index contributed by atoms with van der Waals surface area (Å²) in [7, 11) is -2.06. The van der Waals surface area contributed by atoms with E-state index >= 15 is 0 Å². The predicted molar refractivity (Wildman–Crippen MR) is 94.1 cm³/mol. The number of hydrogen-bond acceptors (Lipinski definition) is 4. The van der Waals surface area contributed by atoms with Gasteiger partial charge in [-0.15, -0.1) is 0 Å². The fourth-order valence-corrected chi connectivity index (χ4v) is 4.31. The quantitative estimate of drug-likeness (QED) is 0.838. The number of amidine groups is 1. The van der Waals surface area contributed by atoms with Crippen molar-refractivity contribution < 1.29 is 13.2 Å². The van der Waals surface area contributed by atoms with Crippen molar-refractivity contribution in [3.05, 3.63) is 59.7 Å². The maximum Gasteiger partial charge on any atom is 0.265 e. The maximum atomic E-state index is 13.1. The summed E-state index contributed by atoms with van der Waals surface area (Å²) in [5.74, 6) is 1.21. The van der Waals surface area contributed by atoms with E-state index in [4.69, 9.17) is 4.74 Å². The molecule has 0 N–H and O–H groups in total. The van der Waals surface area contributed by atoms with Crippen molar-refractivity contribution in [2.45, 2.75) is 18.2 Å². The molecule has 0 saturated heterocycles. The Kier molecular flexibility index (Phi) is 4.57. The van der Waals surface area contributed by atoms with Gasteiger partial charge in [-0.1, -0.05) is 37.3 Å². The summed E-state index contributed by atoms with van der Waals surface area (Å²) in [4.78, 5) is 4.66. The zero-order valence-electron chi connectivity index (χ0n) is 13.8. The summed E-state index contributed by atoms with van der Waals surface area (Å²) >= 11 is 0. The molecule has 0 radical (unpaired) electrons. The van der Waals surface area contributed by atoms with Crippen LogP contribution in [0, 0.1) is 0 Å². The molecule has 0 unspecified atom stereocenters. The van der Waals surface area contributed by atoms with E-state index < -0.39 is 10.0 Å². The number of nitrogens with zero attached hydrogens (tertiary/aromatic N) is 2. The van der Waals surface area contributed by atoms with Crippen LogP contribution in [0.1, 0.15) is 18.1 Å². The topological polar surface area (TPSA) is 59.0 Å². The van der Waals surface area contributed by atoms with Crippen molar-refractivity contribution in [3.8, 4) is 5.75 Å². The molecule has 126 valence electrons. The first-order valence-electron chi connectivity index (χ1n) is 7.87. The van der Waals surface area contributed by atoms with E-state index in [1.54, 1.807) is 25.3 Å². The third-order valence-corrected chi connectivity index (χ3v) is 5.84. The second-order valence-electron chi connectivity index (χ2n) is 5.48. The van der Waals surface area contributed by atoms with Gasteiger partial charge in [0.05, 0.1) is 25.1 Å². The molecule has 0 amide bonds. The Morgan fingerprint density at radius 2 is 1.92 bits per heavy atom. The van der Waals surface area contributed by atoms with Gasteiger partial charge in [0.2, 0.25) is 0 Å². The van der Waals surface area contributed by atoms with Crippen LogP contribution in [0.2, 0.25) is 0 Å². The van der Waals surface area contributed by atoms with Gasteiger partial charge in [0.15, 0.2) is 0 Å². The number of methoxy groups -OCH3 is 1. The molecule has 0 bridgehead atoms. The first-order valence-corrected chi connectivity index (χ1v) is 9.31. The Morgan fingerprint density at radius 3 is 2.58 bits per heavy atom. The van der Waals surface area contributed by atoms with E-state index in [1.165, 1.54) is 4.31 Å². The van der Waals surface area contributed by atoms with Gasteiger partial charge in [0.1, 0.15) is 11.6 Å². The summed E-state index contributed by atoms with van der Waals surface area (Å²) in [5.41, 5.74) is 1.68. The highest BCUT2D eigenvalue weighted by molar-refractivity contribution is 7.89. The Balaban J connectivity index is 2.00. The van der Waals surface area contributed by atoms with Crippen molar-refractivity contribution >= 4 is 15.9 Å². The van der Waals surface area contributed by atoms with E-state index in [0.717, 1.165) is 11.1 Å². The minimum atomic E-state index is -3.65. The molecule has 0 atom stereocenters. The van der Waals surface area contributed by atoms with Crippen LogP contribution >= 0.6 is 0 Å². The molecule has 0 fully saturated rings. The van der Waals surface area contributed by atoms with Crippen molar-refractivity contribution in [2.24, 2.45) is 4.99 Å². The van der Waals surface area contributed by atoms with Crippen LogP contribution in [0.15, 0.2) is 58.4 Å². The predicted octanol–water partition coefficient (Wildman–Crippen LogP) is 2.71. The number of hydrogen-bond donors (Lipinski definition) is 0. The first-order chi connectivity index (χ1) is 11.6.